The van der Waals surface area contributed by atoms with Crippen LogP contribution in [0.5, 0.6) is 0 Å². The maximum atomic E-state index is 9.65. The molecule has 1 aromatic heterocycles. The van der Waals surface area contributed by atoms with E-state index in [9.17, 15) is 5.11 Å². The molecule has 0 aromatic carbocycles. The SMILES string of the molecule is Cc1nn(C)cc1CNC1CC(O)C1(C)C. The number of hydrogen-bond acceptors (Lipinski definition) is 3. The van der Waals surface area contributed by atoms with Gasteiger partial charge in [-0.05, 0) is 13.3 Å². The number of aliphatic hydroxyl groups is 1. The van der Waals surface area contributed by atoms with Gasteiger partial charge in [0.15, 0.2) is 0 Å². The van der Waals surface area contributed by atoms with E-state index >= 15 is 0 Å². The first kappa shape index (κ1) is 11.6. The predicted octanol–water partition coefficient (Wildman–Crippen LogP) is 0.978. The van der Waals surface area contributed by atoms with Crippen molar-refractivity contribution in [1.29, 1.82) is 0 Å². The third kappa shape index (κ3) is 1.87. The van der Waals surface area contributed by atoms with Gasteiger partial charge in [0.25, 0.3) is 0 Å². The quantitative estimate of drug-likeness (QED) is 0.803. The van der Waals surface area contributed by atoms with Crippen LogP contribution in [0, 0.1) is 12.3 Å². The second-order valence-electron chi connectivity index (χ2n) is 5.42. The van der Waals surface area contributed by atoms with Crippen molar-refractivity contribution < 1.29 is 5.11 Å². The molecule has 2 unspecified atom stereocenters. The Kier molecular flexibility index (Phi) is 2.80. The average molecular weight is 223 g/mol. The summed E-state index contributed by atoms with van der Waals surface area (Å²) in [5, 5.41) is 17.5. The second-order valence-corrected chi connectivity index (χ2v) is 5.42. The van der Waals surface area contributed by atoms with E-state index in [1.165, 1.54) is 5.56 Å². The molecule has 16 heavy (non-hydrogen) atoms. The van der Waals surface area contributed by atoms with Crippen LogP contribution in [0.15, 0.2) is 6.20 Å². The molecule has 0 amide bonds. The normalized spacial score (nSPS) is 27.8. The third-order valence-corrected chi connectivity index (χ3v) is 3.87. The van der Waals surface area contributed by atoms with Gasteiger partial charge < -0.3 is 10.4 Å². The first-order chi connectivity index (χ1) is 7.41. The van der Waals surface area contributed by atoms with Gasteiger partial charge in [0.1, 0.15) is 0 Å². The minimum absolute atomic E-state index is 0.00386. The molecule has 2 rings (SSSR count). The Balaban J connectivity index is 1.92. The van der Waals surface area contributed by atoms with E-state index in [0.29, 0.717) is 6.04 Å². The highest BCUT2D eigenvalue weighted by Crippen LogP contribution is 2.40. The molecule has 1 aliphatic rings. The highest BCUT2D eigenvalue weighted by atomic mass is 16.3. The van der Waals surface area contributed by atoms with Crippen LogP contribution in [0.2, 0.25) is 0 Å². The topological polar surface area (TPSA) is 50.1 Å². The summed E-state index contributed by atoms with van der Waals surface area (Å²) < 4.78 is 1.84. The van der Waals surface area contributed by atoms with Gasteiger partial charge in [0.2, 0.25) is 0 Å². The summed E-state index contributed by atoms with van der Waals surface area (Å²) in [6.45, 7) is 7.07. The molecule has 0 bridgehead atoms. The fourth-order valence-electron chi connectivity index (χ4n) is 2.30. The number of rotatable bonds is 3. The predicted molar refractivity (Wildman–Crippen MR) is 63.0 cm³/mol. The summed E-state index contributed by atoms with van der Waals surface area (Å²) >= 11 is 0. The number of hydrogen-bond donors (Lipinski definition) is 2. The first-order valence-electron chi connectivity index (χ1n) is 5.82. The van der Waals surface area contributed by atoms with Crippen molar-refractivity contribution in [2.24, 2.45) is 12.5 Å². The van der Waals surface area contributed by atoms with Crippen LogP contribution in [0.3, 0.4) is 0 Å². The number of aliphatic hydroxyl groups excluding tert-OH is 1. The van der Waals surface area contributed by atoms with Gasteiger partial charge in [0.05, 0.1) is 11.8 Å². The molecule has 1 aliphatic carbocycles. The Morgan fingerprint density at radius 1 is 1.62 bits per heavy atom. The Morgan fingerprint density at radius 2 is 2.31 bits per heavy atom. The van der Waals surface area contributed by atoms with Gasteiger partial charge in [-0.3, -0.25) is 4.68 Å². The summed E-state index contributed by atoms with van der Waals surface area (Å²) in [6, 6.07) is 0.405. The van der Waals surface area contributed by atoms with Crippen molar-refractivity contribution in [2.75, 3.05) is 0 Å². The van der Waals surface area contributed by atoms with Crippen molar-refractivity contribution in [3.05, 3.63) is 17.5 Å². The lowest BCUT2D eigenvalue weighted by atomic mass is 9.64. The molecule has 1 saturated carbocycles. The fraction of sp³-hybridized carbons (Fsp3) is 0.750. The summed E-state index contributed by atoms with van der Waals surface area (Å²) in [5.41, 5.74) is 2.31. The van der Waals surface area contributed by atoms with Crippen molar-refractivity contribution in [1.82, 2.24) is 15.1 Å². The molecule has 2 atom stereocenters. The van der Waals surface area contributed by atoms with Gasteiger partial charge in [0, 0.05) is 36.8 Å². The average Bonchev–Trinajstić information content (AvgIpc) is 2.52. The molecule has 4 heteroatoms. The van der Waals surface area contributed by atoms with Crippen LogP contribution in [-0.2, 0) is 13.6 Å². The second kappa shape index (κ2) is 3.86. The van der Waals surface area contributed by atoms with Gasteiger partial charge in [-0.1, -0.05) is 13.8 Å². The smallest absolute Gasteiger partial charge is 0.0638 e. The number of nitrogens with zero attached hydrogens (tertiary/aromatic N) is 2. The Bertz CT molecular complexity index is 384. The Morgan fingerprint density at radius 3 is 2.75 bits per heavy atom. The van der Waals surface area contributed by atoms with Gasteiger partial charge in [-0.15, -0.1) is 0 Å². The van der Waals surface area contributed by atoms with Crippen molar-refractivity contribution in [2.45, 2.75) is 45.9 Å². The van der Waals surface area contributed by atoms with E-state index in [2.05, 4.69) is 24.3 Å². The van der Waals surface area contributed by atoms with E-state index < -0.39 is 0 Å². The Hall–Kier alpha value is -0.870. The molecular weight excluding hydrogens is 202 g/mol. The lowest BCUT2D eigenvalue weighted by Crippen LogP contribution is -2.59. The lowest BCUT2D eigenvalue weighted by molar-refractivity contribution is -0.0730. The monoisotopic (exact) mass is 223 g/mol. The highest BCUT2D eigenvalue weighted by Gasteiger charge is 2.46. The maximum absolute atomic E-state index is 9.65. The van der Waals surface area contributed by atoms with Crippen LogP contribution >= 0.6 is 0 Å². The number of aryl methyl sites for hydroxylation is 2. The largest absolute Gasteiger partial charge is 0.392 e. The van der Waals surface area contributed by atoms with Crippen LogP contribution in [0.1, 0.15) is 31.5 Å². The van der Waals surface area contributed by atoms with Crippen LogP contribution in [0.4, 0.5) is 0 Å². The molecular formula is C12H21N3O. The fourth-order valence-corrected chi connectivity index (χ4v) is 2.30. The van der Waals surface area contributed by atoms with E-state index in [-0.39, 0.29) is 11.5 Å². The zero-order valence-electron chi connectivity index (χ0n) is 10.5. The molecule has 0 saturated heterocycles. The summed E-state index contributed by atoms with van der Waals surface area (Å²) in [5.74, 6) is 0. The molecule has 0 spiro atoms. The van der Waals surface area contributed by atoms with Gasteiger partial charge in [-0.2, -0.15) is 5.10 Å². The van der Waals surface area contributed by atoms with E-state index in [4.69, 9.17) is 0 Å². The minimum atomic E-state index is -0.167. The minimum Gasteiger partial charge on any atom is -0.392 e. The Labute approximate surface area is 96.7 Å². The third-order valence-electron chi connectivity index (χ3n) is 3.87. The maximum Gasteiger partial charge on any atom is 0.0638 e. The van der Waals surface area contributed by atoms with Crippen molar-refractivity contribution >= 4 is 0 Å². The summed E-state index contributed by atoms with van der Waals surface area (Å²) in [4.78, 5) is 0. The number of nitrogens with one attached hydrogen (secondary N) is 1. The zero-order valence-corrected chi connectivity index (χ0v) is 10.5. The molecule has 1 aromatic rings. The molecule has 2 N–H and O–H groups in total. The van der Waals surface area contributed by atoms with E-state index in [0.717, 1.165) is 18.7 Å². The van der Waals surface area contributed by atoms with E-state index in [1.807, 2.05) is 24.9 Å². The molecule has 0 aliphatic heterocycles. The molecule has 1 fully saturated rings. The number of aromatic nitrogens is 2. The molecule has 90 valence electrons. The molecule has 4 nitrogen and oxygen atoms in total. The summed E-state index contributed by atoms with van der Waals surface area (Å²) in [7, 11) is 1.94. The van der Waals surface area contributed by atoms with Crippen LogP contribution in [-0.4, -0.2) is 27.0 Å². The zero-order chi connectivity index (χ0) is 11.9. The standard InChI is InChI=1S/C12H21N3O/c1-8-9(7-15(4)14-8)6-13-10-5-11(16)12(10,2)3/h7,10-11,13,16H,5-6H2,1-4H3. The van der Waals surface area contributed by atoms with Crippen molar-refractivity contribution in [3.8, 4) is 0 Å². The van der Waals surface area contributed by atoms with Gasteiger partial charge in [-0.25, -0.2) is 0 Å². The van der Waals surface area contributed by atoms with E-state index in [1.54, 1.807) is 0 Å². The van der Waals surface area contributed by atoms with Gasteiger partial charge >= 0.3 is 0 Å². The van der Waals surface area contributed by atoms with Crippen LogP contribution < -0.4 is 5.32 Å². The lowest BCUT2D eigenvalue weighted by Gasteiger charge is -2.49. The molecule has 1 heterocycles. The van der Waals surface area contributed by atoms with Crippen molar-refractivity contribution in [3.63, 3.8) is 0 Å². The summed E-state index contributed by atoms with van der Waals surface area (Å²) in [6.07, 6.45) is 2.73. The van der Waals surface area contributed by atoms with Crippen LogP contribution in [0.25, 0.3) is 0 Å². The molecule has 0 radical (unpaired) electrons. The highest BCUT2D eigenvalue weighted by molar-refractivity contribution is 5.15. The first-order valence-corrected chi connectivity index (χ1v) is 5.82.